The maximum absolute atomic E-state index is 11.6. The van der Waals surface area contributed by atoms with E-state index in [-0.39, 0.29) is 5.97 Å². The van der Waals surface area contributed by atoms with Crippen LogP contribution in [0.1, 0.15) is 15.9 Å². The van der Waals surface area contributed by atoms with Gasteiger partial charge in [-0.2, -0.15) is 0 Å². The van der Waals surface area contributed by atoms with Gasteiger partial charge in [-0.3, -0.25) is 4.90 Å². The molecule has 24 heavy (non-hydrogen) atoms. The molecular weight excluding hydrogens is 304 g/mol. The molecule has 0 saturated carbocycles. The number of hydrogen-bond acceptors (Lipinski definition) is 5. The monoisotopic (exact) mass is 326 g/mol. The zero-order chi connectivity index (χ0) is 16.9. The molecule has 0 radical (unpaired) electrons. The molecule has 2 aromatic carbocycles. The highest BCUT2D eigenvalue weighted by molar-refractivity contribution is 5.89. The molecule has 1 saturated heterocycles. The molecule has 126 valence electrons. The van der Waals surface area contributed by atoms with Crippen LogP contribution in [0.25, 0.3) is 0 Å². The number of hydrogen-bond donors (Lipinski definition) is 1. The Bertz CT molecular complexity index is 709. The first-order valence-corrected chi connectivity index (χ1v) is 8.10. The van der Waals surface area contributed by atoms with E-state index in [0.29, 0.717) is 11.3 Å². The summed E-state index contributed by atoms with van der Waals surface area (Å²) in [5, 5.41) is 9.97. The van der Waals surface area contributed by atoms with Crippen molar-refractivity contribution in [2.45, 2.75) is 6.54 Å². The molecule has 1 heterocycles. The summed E-state index contributed by atoms with van der Waals surface area (Å²) < 4.78 is 4.77. The van der Waals surface area contributed by atoms with E-state index in [1.807, 2.05) is 36.4 Å². The molecule has 0 bridgehead atoms. The van der Waals surface area contributed by atoms with Crippen LogP contribution >= 0.6 is 0 Å². The first kappa shape index (κ1) is 16.3. The lowest BCUT2D eigenvalue weighted by atomic mass is 10.1. The molecule has 1 aliphatic rings. The van der Waals surface area contributed by atoms with E-state index in [9.17, 15) is 9.90 Å². The van der Waals surface area contributed by atoms with Gasteiger partial charge in [0.2, 0.25) is 0 Å². The van der Waals surface area contributed by atoms with Crippen LogP contribution in [0, 0.1) is 0 Å². The number of anilines is 1. The van der Waals surface area contributed by atoms with Gasteiger partial charge in [0, 0.05) is 32.7 Å². The Kier molecular flexibility index (Phi) is 5.01. The van der Waals surface area contributed by atoms with Crippen LogP contribution in [0.4, 0.5) is 5.69 Å². The van der Waals surface area contributed by atoms with Crippen LogP contribution in [-0.2, 0) is 11.3 Å². The standard InChI is InChI=1S/C19H22N2O3/c1-24-19(23)16-6-4-5-15(13-16)14-20-9-11-21(12-10-20)17-7-2-3-8-18(17)22/h2-8,13,22H,9-12,14H2,1H3. The highest BCUT2D eigenvalue weighted by atomic mass is 16.5. The number of para-hydroxylation sites is 2. The lowest BCUT2D eigenvalue weighted by molar-refractivity contribution is 0.0600. The van der Waals surface area contributed by atoms with Gasteiger partial charge in [0.05, 0.1) is 18.4 Å². The second kappa shape index (κ2) is 7.36. The van der Waals surface area contributed by atoms with Gasteiger partial charge < -0.3 is 14.7 Å². The normalized spacial score (nSPS) is 15.3. The van der Waals surface area contributed by atoms with Gasteiger partial charge in [-0.1, -0.05) is 24.3 Å². The zero-order valence-electron chi connectivity index (χ0n) is 13.8. The number of rotatable bonds is 4. The van der Waals surface area contributed by atoms with E-state index in [0.717, 1.165) is 44.0 Å². The van der Waals surface area contributed by atoms with Gasteiger partial charge in [-0.15, -0.1) is 0 Å². The van der Waals surface area contributed by atoms with E-state index >= 15 is 0 Å². The molecule has 0 atom stereocenters. The second-order valence-electron chi connectivity index (χ2n) is 5.94. The molecule has 0 spiro atoms. The summed E-state index contributed by atoms with van der Waals surface area (Å²) in [6.45, 7) is 4.37. The average molecular weight is 326 g/mol. The quantitative estimate of drug-likeness (QED) is 0.875. The van der Waals surface area contributed by atoms with Crippen molar-refractivity contribution in [3.63, 3.8) is 0 Å². The molecule has 1 aliphatic heterocycles. The third-order valence-corrected chi connectivity index (χ3v) is 4.35. The maximum Gasteiger partial charge on any atom is 0.337 e. The molecule has 3 rings (SSSR count). The molecule has 0 amide bonds. The molecule has 2 aromatic rings. The van der Waals surface area contributed by atoms with Crippen LogP contribution in [0.5, 0.6) is 5.75 Å². The van der Waals surface area contributed by atoms with Gasteiger partial charge in [0.15, 0.2) is 0 Å². The summed E-state index contributed by atoms with van der Waals surface area (Å²) in [6.07, 6.45) is 0. The van der Waals surface area contributed by atoms with Crippen LogP contribution in [-0.4, -0.2) is 49.3 Å². The van der Waals surface area contributed by atoms with Crippen molar-refractivity contribution in [1.29, 1.82) is 0 Å². The molecule has 1 N–H and O–H groups in total. The Hall–Kier alpha value is -2.53. The average Bonchev–Trinajstić information content (AvgIpc) is 2.62. The number of phenolic OH excluding ortho intramolecular Hbond substituents is 1. The van der Waals surface area contributed by atoms with Gasteiger partial charge in [0.25, 0.3) is 0 Å². The van der Waals surface area contributed by atoms with Crippen LogP contribution in [0.15, 0.2) is 48.5 Å². The third kappa shape index (κ3) is 3.68. The fourth-order valence-corrected chi connectivity index (χ4v) is 3.05. The summed E-state index contributed by atoms with van der Waals surface area (Å²) in [6, 6.07) is 15.0. The molecule has 0 unspecified atom stereocenters. The molecule has 5 heteroatoms. The van der Waals surface area contributed by atoms with Gasteiger partial charge in [0.1, 0.15) is 5.75 Å². The number of esters is 1. The number of phenols is 1. The summed E-state index contributed by atoms with van der Waals surface area (Å²) in [7, 11) is 1.40. The second-order valence-corrected chi connectivity index (χ2v) is 5.94. The first-order valence-electron chi connectivity index (χ1n) is 8.10. The maximum atomic E-state index is 11.6. The first-order chi connectivity index (χ1) is 11.7. The van der Waals surface area contributed by atoms with E-state index in [1.165, 1.54) is 7.11 Å². The highest BCUT2D eigenvalue weighted by Crippen LogP contribution is 2.27. The molecule has 1 fully saturated rings. The number of aromatic hydroxyl groups is 1. The minimum Gasteiger partial charge on any atom is -0.506 e. The molecular formula is C19H22N2O3. The Morgan fingerprint density at radius 2 is 1.83 bits per heavy atom. The molecule has 5 nitrogen and oxygen atoms in total. The number of nitrogens with zero attached hydrogens (tertiary/aromatic N) is 2. The topological polar surface area (TPSA) is 53.0 Å². The van der Waals surface area contributed by atoms with E-state index < -0.39 is 0 Å². The van der Waals surface area contributed by atoms with Crippen molar-refractivity contribution in [1.82, 2.24) is 4.90 Å². The van der Waals surface area contributed by atoms with Crippen molar-refractivity contribution >= 4 is 11.7 Å². The Labute approximate surface area is 142 Å². The number of benzene rings is 2. The van der Waals surface area contributed by atoms with Gasteiger partial charge in [-0.05, 0) is 29.8 Å². The van der Waals surface area contributed by atoms with E-state index in [4.69, 9.17) is 4.74 Å². The molecule has 0 aromatic heterocycles. The predicted molar refractivity (Wildman–Crippen MR) is 93.4 cm³/mol. The van der Waals surface area contributed by atoms with Gasteiger partial charge in [-0.25, -0.2) is 4.79 Å². The number of methoxy groups -OCH3 is 1. The minimum atomic E-state index is -0.304. The van der Waals surface area contributed by atoms with Crippen molar-refractivity contribution in [3.05, 3.63) is 59.7 Å². The summed E-state index contributed by atoms with van der Waals surface area (Å²) in [5.74, 6) is 0.0259. The van der Waals surface area contributed by atoms with Crippen molar-refractivity contribution in [2.24, 2.45) is 0 Å². The van der Waals surface area contributed by atoms with Crippen molar-refractivity contribution < 1.29 is 14.6 Å². The zero-order valence-corrected chi connectivity index (χ0v) is 13.8. The lowest BCUT2D eigenvalue weighted by Gasteiger charge is -2.36. The largest absolute Gasteiger partial charge is 0.506 e. The van der Waals surface area contributed by atoms with Crippen LogP contribution < -0.4 is 4.90 Å². The number of carbonyl (C=O) groups is 1. The SMILES string of the molecule is COC(=O)c1cccc(CN2CCN(c3ccccc3O)CC2)c1. The smallest absolute Gasteiger partial charge is 0.337 e. The fourth-order valence-electron chi connectivity index (χ4n) is 3.05. The highest BCUT2D eigenvalue weighted by Gasteiger charge is 2.19. The Balaban J connectivity index is 1.60. The van der Waals surface area contributed by atoms with E-state index in [2.05, 4.69) is 9.80 Å². The van der Waals surface area contributed by atoms with Crippen LogP contribution in [0.2, 0.25) is 0 Å². The lowest BCUT2D eigenvalue weighted by Crippen LogP contribution is -2.46. The third-order valence-electron chi connectivity index (χ3n) is 4.35. The predicted octanol–water partition coefficient (Wildman–Crippen LogP) is 2.50. The Morgan fingerprint density at radius 1 is 1.08 bits per heavy atom. The summed E-state index contributed by atoms with van der Waals surface area (Å²) >= 11 is 0. The Morgan fingerprint density at radius 3 is 2.54 bits per heavy atom. The minimum absolute atomic E-state index is 0.304. The fraction of sp³-hybridized carbons (Fsp3) is 0.316. The number of ether oxygens (including phenoxy) is 1. The number of carbonyl (C=O) groups excluding carboxylic acids is 1. The number of piperazine rings is 1. The van der Waals surface area contributed by atoms with Crippen molar-refractivity contribution in [2.75, 3.05) is 38.2 Å². The molecule has 0 aliphatic carbocycles. The van der Waals surface area contributed by atoms with Crippen LogP contribution in [0.3, 0.4) is 0 Å². The van der Waals surface area contributed by atoms with Crippen molar-refractivity contribution in [3.8, 4) is 5.75 Å². The summed E-state index contributed by atoms with van der Waals surface area (Å²) in [5.41, 5.74) is 2.58. The van der Waals surface area contributed by atoms with E-state index in [1.54, 1.807) is 12.1 Å². The summed E-state index contributed by atoms with van der Waals surface area (Å²) in [4.78, 5) is 16.2. The van der Waals surface area contributed by atoms with Gasteiger partial charge >= 0.3 is 5.97 Å².